The molecule has 4 atom stereocenters. The van der Waals surface area contributed by atoms with E-state index in [9.17, 15) is 24.5 Å². The number of nitro groups is 1. The first-order valence-electron chi connectivity index (χ1n) is 14.2. The number of hydrogen-bond acceptors (Lipinski definition) is 7. The summed E-state index contributed by atoms with van der Waals surface area (Å²) in [6.07, 6.45) is 0. The number of nitro benzene ring substituents is 1. The summed E-state index contributed by atoms with van der Waals surface area (Å²) in [6.45, 7) is 0.00353. The number of halogens is 1. The summed E-state index contributed by atoms with van der Waals surface area (Å²) in [7, 11) is 2.75. The van der Waals surface area contributed by atoms with E-state index in [1.54, 1.807) is 48.5 Å². The van der Waals surface area contributed by atoms with Gasteiger partial charge in [0.2, 0.25) is 0 Å². The summed E-state index contributed by atoms with van der Waals surface area (Å²) in [5.74, 6) is -2.50. The van der Waals surface area contributed by atoms with Crippen LogP contribution in [0.4, 0.5) is 10.5 Å². The predicted molar refractivity (Wildman–Crippen MR) is 165 cm³/mol. The molecule has 10 nitrogen and oxygen atoms in total. The van der Waals surface area contributed by atoms with Crippen LogP contribution >= 0.6 is 11.6 Å². The number of nitrogens with zero attached hydrogens (tertiary/aromatic N) is 3. The van der Waals surface area contributed by atoms with Gasteiger partial charge in [-0.05, 0) is 41.5 Å². The van der Waals surface area contributed by atoms with Crippen LogP contribution in [0.1, 0.15) is 39.0 Å². The van der Waals surface area contributed by atoms with Gasteiger partial charge in [-0.15, -0.1) is 0 Å². The van der Waals surface area contributed by atoms with E-state index in [1.807, 2.05) is 36.4 Å². The Bertz CT molecular complexity index is 1780. The topological polar surface area (TPSA) is 119 Å². The van der Waals surface area contributed by atoms with Crippen LogP contribution in [0.2, 0.25) is 5.02 Å². The third kappa shape index (κ3) is 5.17. The number of benzene rings is 4. The minimum absolute atomic E-state index is 0.00353. The van der Waals surface area contributed by atoms with Crippen molar-refractivity contribution in [2.45, 2.75) is 24.5 Å². The summed E-state index contributed by atoms with van der Waals surface area (Å²) in [6, 6.07) is 24.0. The number of carbonyl (C=O) groups excluding carboxylic acids is 3. The lowest BCUT2D eigenvalue weighted by atomic mass is 9.75. The zero-order valence-electron chi connectivity index (χ0n) is 24.3. The van der Waals surface area contributed by atoms with Crippen molar-refractivity contribution in [2.24, 2.45) is 5.92 Å². The number of methoxy groups -OCH3 is 2. The molecule has 0 bridgehead atoms. The number of carbonyl (C=O) groups is 3. The van der Waals surface area contributed by atoms with Gasteiger partial charge in [0.15, 0.2) is 17.3 Å². The number of Topliss-reactive ketones (excluding diaryl/α,β-unsaturated/α-hetero) is 1. The Hall–Kier alpha value is -5.22. The van der Waals surface area contributed by atoms with E-state index in [-0.39, 0.29) is 35.1 Å². The van der Waals surface area contributed by atoms with Crippen molar-refractivity contribution < 1.29 is 28.8 Å². The van der Waals surface area contributed by atoms with Crippen molar-refractivity contribution >= 4 is 35.0 Å². The molecule has 3 amide bonds. The summed E-state index contributed by atoms with van der Waals surface area (Å²) >= 11 is 6.13. The van der Waals surface area contributed by atoms with Gasteiger partial charge in [-0.1, -0.05) is 72.3 Å². The van der Waals surface area contributed by atoms with Crippen LogP contribution in [0.15, 0.2) is 97.1 Å². The van der Waals surface area contributed by atoms with Gasteiger partial charge >= 0.3 is 6.03 Å². The second-order valence-corrected chi connectivity index (χ2v) is 11.3. The minimum Gasteiger partial charge on any atom is -0.493 e. The zero-order valence-corrected chi connectivity index (χ0v) is 25.1. The maximum Gasteiger partial charge on any atom is 0.328 e. The first-order chi connectivity index (χ1) is 21.7. The first-order valence-corrected chi connectivity index (χ1v) is 14.6. The second-order valence-electron chi connectivity index (χ2n) is 10.8. The van der Waals surface area contributed by atoms with E-state index >= 15 is 0 Å². The fourth-order valence-electron chi connectivity index (χ4n) is 6.53. The highest BCUT2D eigenvalue weighted by atomic mass is 35.5. The first kappa shape index (κ1) is 29.8. The summed E-state index contributed by atoms with van der Waals surface area (Å²) in [4.78, 5) is 57.7. The van der Waals surface area contributed by atoms with Crippen LogP contribution in [0, 0.1) is 16.0 Å². The van der Waals surface area contributed by atoms with Crippen LogP contribution in [-0.4, -0.2) is 52.7 Å². The lowest BCUT2D eigenvalue weighted by Gasteiger charge is -2.29. The lowest BCUT2D eigenvalue weighted by molar-refractivity contribution is -0.386. The predicted octanol–water partition coefficient (Wildman–Crippen LogP) is 6.44. The number of imide groups is 1. The van der Waals surface area contributed by atoms with Crippen molar-refractivity contribution in [3.05, 3.63) is 134 Å². The molecule has 4 unspecified atom stereocenters. The van der Waals surface area contributed by atoms with Gasteiger partial charge in [0.05, 0.1) is 49.3 Å². The number of urea groups is 1. The largest absolute Gasteiger partial charge is 0.493 e. The van der Waals surface area contributed by atoms with E-state index in [4.69, 9.17) is 21.1 Å². The number of amides is 3. The van der Waals surface area contributed by atoms with Crippen LogP contribution in [0.3, 0.4) is 0 Å². The Kier molecular flexibility index (Phi) is 7.99. The Morgan fingerprint density at radius 2 is 1.47 bits per heavy atom. The summed E-state index contributed by atoms with van der Waals surface area (Å²) in [5, 5.41) is 13.0. The molecule has 0 aromatic heterocycles. The molecule has 228 valence electrons. The molecule has 0 N–H and O–H groups in total. The molecule has 0 saturated carbocycles. The van der Waals surface area contributed by atoms with Crippen molar-refractivity contribution in [1.82, 2.24) is 9.80 Å². The van der Waals surface area contributed by atoms with Gasteiger partial charge < -0.3 is 14.4 Å². The average Bonchev–Trinajstić information content (AvgIpc) is 3.53. The molecule has 0 radical (unpaired) electrons. The van der Waals surface area contributed by atoms with Gasteiger partial charge in [-0.2, -0.15) is 0 Å². The minimum atomic E-state index is -1.21. The van der Waals surface area contributed by atoms with Crippen LogP contribution in [0.5, 0.6) is 11.5 Å². The molecular weight excluding hydrogens is 598 g/mol. The molecule has 2 fully saturated rings. The number of ether oxygens (including phenoxy) is 2. The molecule has 4 aromatic carbocycles. The lowest BCUT2D eigenvalue weighted by Crippen LogP contribution is -2.38. The highest BCUT2D eigenvalue weighted by molar-refractivity contribution is 6.30. The SMILES string of the molecule is COc1cc(C2C(C(=O)c3ccc(Cl)cc3)C(c3ccccc3)C3C(=O)N(Cc4ccccc4)C(=O)N32)c([N+](=O)[O-])cc1OC. The molecule has 2 aliphatic rings. The van der Waals surface area contributed by atoms with E-state index in [2.05, 4.69) is 0 Å². The number of ketones is 1. The third-order valence-corrected chi connectivity index (χ3v) is 8.74. The van der Waals surface area contributed by atoms with Gasteiger partial charge in [-0.25, -0.2) is 4.79 Å². The highest BCUT2D eigenvalue weighted by Gasteiger charge is 2.64. The number of fused-ring (bicyclic) bond motifs is 1. The molecule has 2 aliphatic heterocycles. The highest BCUT2D eigenvalue weighted by Crippen LogP contribution is 2.56. The van der Waals surface area contributed by atoms with Crippen LogP contribution in [0.25, 0.3) is 0 Å². The molecule has 0 aliphatic carbocycles. The number of hydrogen-bond donors (Lipinski definition) is 0. The zero-order chi connectivity index (χ0) is 31.8. The molecule has 4 aromatic rings. The van der Waals surface area contributed by atoms with E-state index in [1.165, 1.54) is 31.3 Å². The summed E-state index contributed by atoms with van der Waals surface area (Å²) in [5.41, 5.74) is 1.35. The maximum atomic E-state index is 14.6. The normalized spacial score (nSPS) is 20.7. The third-order valence-electron chi connectivity index (χ3n) is 8.49. The van der Waals surface area contributed by atoms with Crippen molar-refractivity contribution in [2.75, 3.05) is 14.2 Å². The molecule has 45 heavy (non-hydrogen) atoms. The molecule has 11 heteroatoms. The fourth-order valence-corrected chi connectivity index (χ4v) is 6.65. The fraction of sp³-hybridized carbons (Fsp3) is 0.206. The Morgan fingerprint density at radius 1 is 0.867 bits per heavy atom. The maximum absolute atomic E-state index is 14.6. The Balaban J connectivity index is 1.60. The van der Waals surface area contributed by atoms with Gasteiger partial charge in [0.1, 0.15) is 6.04 Å². The quantitative estimate of drug-likeness (QED) is 0.0909. The smallest absolute Gasteiger partial charge is 0.328 e. The number of rotatable bonds is 9. The second kappa shape index (κ2) is 12.0. The summed E-state index contributed by atoms with van der Waals surface area (Å²) < 4.78 is 10.9. The monoisotopic (exact) mass is 625 g/mol. The Labute approximate surface area is 263 Å². The van der Waals surface area contributed by atoms with Crippen molar-refractivity contribution in [3.63, 3.8) is 0 Å². The van der Waals surface area contributed by atoms with E-state index < -0.39 is 40.8 Å². The van der Waals surface area contributed by atoms with E-state index in [0.29, 0.717) is 16.1 Å². The van der Waals surface area contributed by atoms with Gasteiger partial charge in [0, 0.05) is 16.5 Å². The van der Waals surface area contributed by atoms with Crippen LogP contribution in [-0.2, 0) is 11.3 Å². The molecule has 0 spiro atoms. The molecule has 2 heterocycles. The van der Waals surface area contributed by atoms with Gasteiger partial charge in [0.25, 0.3) is 11.6 Å². The van der Waals surface area contributed by atoms with Crippen molar-refractivity contribution in [3.8, 4) is 11.5 Å². The molecular formula is C34H28ClN3O7. The standard InChI is InChI=1S/C34H28ClN3O7/c1-44-26-17-24(25(38(42)43)18-27(26)45-2)30-29(32(39)22-13-15-23(35)16-14-22)28(21-11-7-4-8-12-21)31-33(40)36(34(41)37(30)31)19-20-9-5-3-6-10-20/h3-18,28-31H,19H2,1-2H3. The van der Waals surface area contributed by atoms with Gasteiger partial charge in [-0.3, -0.25) is 24.6 Å². The molecule has 2 saturated heterocycles. The van der Waals surface area contributed by atoms with Crippen LogP contribution < -0.4 is 9.47 Å². The van der Waals surface area contributed by atoms with Crippen molar-refractivity contribution in [1.29, 1.82) is 0 Å². The van der Waals surface area contributed by atoms with E-state index in [0.717, 1.165) is 10.5 Å². The Morgan fingerprint density at radius 3 is 2.07 bits per heavy atom. The molecule has 6 rings (SSSR count). The average molecular weight is 626 g/mol.